The molecule has 1 aliphatic heterocycles. The largest absolute Gasteiger partial charge is 0.444 e. The quantitative estimate of drug-likeness (QED) is 0.757. The van der Waals surface area contributed by atoms with Crippen LogP contribution in [-0.4, -0.2) is 29.7 Å². The zero-order valence-corrected chi connectivity index (χ0v) is 11.5. The Bertz CT molecular complexity index is 357. The maximum Gasteiger partial charge on any atom is 0.410 e. The molecule has 1 amide bonds. The molecule has 18 heavy (non-hydrogen) atoms. The van der Waals surface area contributed by atoms with Gasteiger partial charge in [0, 0.05) is 19.0 Å². The predicted octanol–water partition coefficient (Wildman–Crippen LogP) is 2.79. The Hall–Kier alpha value is -1.24. The number of likely N-dealkylation sites (tertiary alicyclic amines) is 1. The second-order valence-electron chi connectivity index (χ2n) is 6.49. The monoisotopic (exact) mass is 250 g/mol. The van der Waals surface area contributed by atoms with Crippen molar-refractivity contribution in [1.82, 2.24) is 4.90 Å². The van der Waals surface area contributed by atoms with E-state index in [1.54, 1.807) is 4.90 Å². The number of nitrogens with zero attached hydrogens (tertiary/aromatic N) is 2. The highest BCUT2D eigenvalue weighted by molar-refractivity contribution is 5.69. The summed E-state index contributed by atoms with van der Waals surface area (Å²) in [6, 6.07) is 2.43. The van der Waals surface area contributed by atoms with Crippen LogP contribution < -0.4 is 0 Å². The van der Waals surface area contributed by atoms with Gasteiger partial charge < -0.3 is 9.64 Å². The highest BCUT2D eigenvalue weighted by Gasteiger charge is 2.42. The third-order valence-electron chi connectivity index (χ3n) is 3.88. The molecule has 0 aromatic heterocycles. The third kappa shape index (κ3) is 2.77. The number of carbonyl (C=O) groups excluding carboxylic acids is 1. The summed E-state index contributed by atoms with van der Waals surface area (Å²) in [6.45, 7) is 6.98. The van der Waals surface area contributed by atoms with E-state index in [1.807, 2.05) is 20.8 Å². The highest BCUT2D eigenvalue weighted by atomic mass is 16.6. The Balaban J connectivity index is 1.79. The van der Waals surface area contributed by atoms with Crippen LogP contribution in [0.1, 0.15) is 40.0 Å². The van der Waals surface area contributed by atoms with E-state index in [2.05, 4.69) is 6.07 Å². The molecule has 0 spiro atoms. The lowest BCUT2D eigenvalue weighted by Gasteiger charge is -2.45. The van der Waals surface area contributed by atoms with Crippen molar-refractivity contribution in [3.63, 3.8) is 0 Å². The van der Waals surface area contributed by atoms with Crippen LogP contribution in [0.3, 0.4) is 0 Å². The van der Waals surface area contributed by atoms with Crippen LogP contribution in [0.25, 0.3) is 0 Å². The Labute approximate surface area is 109 Å². The van der Waals surface area contributed by atoms with Gasteiger partial charge in [-0.05, 0) is 39.5 Å². The minimum Gasteiger partial charge on any atom is -0.444 e. The molecule has 0 aromatic rings. The molecule has 4 heteroatoms. The molecule has 100 valence electrons. The number of amides is 1. The van der Waals surface area contributed by atoms with Gasteiger partial charge in [0.25, 0.3) is 0 Å². The molecule has 1 saturated carbocycles. The van der Waals surface area contributed by atoms with Crippen LogP contribution in [0.4, 0.5) is 4.79 Å². The number of rotatable bonds is 2. The lowest BCUT2D eigenvalue weighted by Crippen LogP contribution is -2.55. The van der Waals surface area contributed by atoms with Crippen LogP contribution in [0, 0.1) is 29.1 Å². The maximum atomic E-state index is 11.8. The summed E-state index contributed by atoms with van der Waals surface area (Å²) >= 11 is 0. The van der Waals surface area contributed by atoms with Crippen molar-refractivity contribution in [2.45, 2.75) is 45.6 Å². The molecule has 0 N–H and O–H groups in total. The summed E-state index contributed by atoms with van der Waals surface area (Å²) in [6.07, 6.45) is 3.37. The topological polar surface area (TPSA) is 53.3 Å². The van der Waals surface area contributed by atoms with Gasteiger partial charge in [-0.25, -0.2) is 4.79 Å². The number of hydrogen-bond donors (Lipinski definition) is 0. The molecule has 1 unspecified atom stereocenters. The van der Waals surface area contributed by atoms with Gasteiger partial charge in [0.2, 0.25) is 0 Å². The Morgan fingerprint density at radius 2 is 1.94 bits per heavy atom. The first-order valence-corrected chi connectivity index (χ1v) is 6.78. The lowest BCUT2D eigenvalue weighted by atomic mass is 9.69. The minimum absolute atomic E-state index is 0.137. The van der Waals surface area contributed by atoms with Crippen molar-refractivity contribution >= 4 is 6.09 Å². The molecular formula is C14H22N2O2. The predicted molar refractivity (Wildman–Crippen MR) is 67.7 cm³/mol. The van der Waals surface area contributed by atoms with Crippen LogP contribution in [-0.2, 0) is 4.74 Å². The van der Waals surface area contributed by atoms with Crippen molar-refractivity contribution in [3.05, 3.63) is 0 Å². The second kappa shape index (κ2) is 4.79. The fraction of sp³-hybridized carbons (Fsp3) is 0.857. The molecule has 0 aromatic carbocycles. The first-order chi connectivity index (χ1) is 8.40. The van der Waals surface area contributed by atoms with Crippen molar-refractivity contribution in [1.29, 1.82) is 5.26 Å². The van der Waals surface area contributed by atoms with E-state index in [-0.39, 0.29) is 12.0 Å². The van der Waals surface area contributed by atoms with Crippen molar-refractivity contribution < 1.29 is 9.53 Å². The summed E-state index contributed by atoms with van der Waals surface area (Å²) in [5.41, 5.74) is -0.440. The molecule has 1 atom stereocenters. The van der Waals surface area contributed by atoms with Gasteiger partial charge in [-0.15, -0.1) is 0 Å². The third-order valence-corrected chi connectivity index (χ3v) is 3.88. The van der Waals surface area contributed by atoms with Crippen LogP contribution in [0.5, 0.6) is 0 Å². The molecule has 0 bridgehead atoms. The van der Waals surface area contributed by atoms with E-state index in [9.17, 15) is 10.1 Å². The molecule has 1 saturated heterocycles. The van der Waals surface area contributed by atoms with Gasteiger partial charge in [0.05, 0.1) is 12.0 Å². The Morgan fingerprint density at radius 3 is 2.33 bits per heavy atom. The zero-order chi connectivity index (χ0) is 13.3. The lowest BCUT2D eigenvalue weighted by molar-refractivity contribution is -0.0149. The average molecular weight is 250 g/mol. The van der Waals surface area contributed by atoms with Crippen molar-refractivity contribution in [3.8, 4) is 6.07 Å². The van der Waals surface area contributed by atoms with Gasteiger partial charge in [-0.2, -0.15) is 5.26 Å². The molecule has 1 heterocycles. The van der Waals surface area contributed by atoms with Crippen LogP contribution >= 0.6 is 0 Å². The molecular weight excluding hydrogens is 228 g/mol. The van der Waals surface area contributed by atoms with E-state index in [0.29, 0.717) is 24.9 Å². The summed E-state index contributed by atoms with van der Waals surface area (Å²) in [5.74, 6) is 1.06. The van der Waals surface area contributed by atoms with E-state index in [1.165, 1.54) is 19.3 Å². The molecule has 2 aliphatic rings. The molecule has 0 radical (unpaired) electrons. The fourth-order valence-corrected chi connectivity index (χ4v) is 2.61. The minimum atomic E-state index is -0.440. The summed E-state index contributed by atoms with van der Waals surface area (Å²) in [4.78, 5) is 13.5. The highest BCUT2D eigenvalue weighted by Crippen LogP contribution is 2.40. The average Bonchev–Trinajstić information content (AvgIpc) is 2.07. The molecule has 4 nitrogen and oxygen atoms in total. The maximum absolute atomic E-state index is 11.8. The van der Waals surface area contributed by atoms with Crippen molar-refractivity contribution in [2.24, 2.45) is 17.8 Å². The first-order valence-electron chi connectivity index (χ1n) is 6.78. The van der Waals surface area contributed by atoms with E-state index in [4.69, 9.17) is 4.74 Å². The number of carbonyl (C=O) groups is 1. The SMILES string of the molecule is CC(C)(C)OC(=O)N1CC(C(C#N)C2CCC2)C1. The van der Waals surface area contributed by atoms with E-state index in [0.717, 1.165) is 0 Å². The first kappa shape index (κ1) is 13.2. The van der Waals surface area contributed by atoms with Gasteiger partial charge in [-0.1, -0.05) is 6.42 Å². The van der Waals surface area contributed by atoms with Crippen molar-refractivity contribution in [2.75, 3.05) is 13.1 Å². The van der Waals surface area contributed by atoms with E-state index < -0.39 is 5.60 Å². The van der Waals surface area contributed by atoms with Crippen LogP contribution in [0.15, 0.2) is 0 Å². The fourth-order valence-electron chi connectivity index (χ4n) is 2.61. The number of hydrogen-bond acceptors (Lipinski definition) is 3. The second-order valence-corrected chi connectivity index (χ2v) is 6.49. The normalized spacial score (nSPS) is 22.7. The summed E-state index contributed by atoms with van der Waals surface area (Å²) < 4.78 is 5.31. The van der Waals surface area contributed by atoms with E-state index >= 15 is 0 Å². The zero-order valence-electron chi connectivity index (χ0n) is 11.5. The number of ether oxygens (including phenoxy) is 1. The summed E-state index contributed by atoms with van der Waals surface area (Å²) in [7, 11) is 0. The number of nitriles is 1. The molecule has 1 aliphatic carbocycles. The standard InChI is InChI=1S/C14H22N2O2/c1-14(2,3)18-13(17)16-8-11(9-16)12(7-15)10-5-4-6-10/h10-12H,4-6,8-9H2,1-3H3. The van der Waals surface area contributed by atoms with Gasteiger partial charge in [0.1, 0.15) is 5.60 Å². The van der Waals surface area contributed by atoms with Crippen LogP contribution in [0.2, 0.25) is 0 Å². The summed E-state index contributed by atoms with van der Waals surface area (Å²) in [5, 5.41) is 9.22. The smallest absolute Gasteiger partial charge is 0.410 e. The Kier molecular flexibility index (Phi) is 3.52. The van der Waals surface area contributed by atoms with Gasteiger partial charge in [0.15, 0.2) is 0 Å². The van der Waals surface area contributed by atoms with Gasteiger partial charge >= 0.3 is 6.09 Å². The molecule has 2 fully saturated rings. The molecule has 2 rings (SSSR count). The van der Waals surface area contributed by atoms with Gasteiger partial charge in [-0.3, -0.25) is 0 Å². The Morgan fingerprint density at radius 1 is 1.33 bits per heavy atom.